The Bertz CT molecular complexity index is 818. The standard InChI is InChI=1S/C18H23N7/c1-19-18(20-10-15-11-23-24(2)13-15)21-12-16-6-3-4-7-17(16)14-25-9-5-8-22-25/h3-9,11,13H,10,12,14H2,1-2H3,(H2,19,20,21). The molecule has 0 aliphatic heterocycles. The Hall–Kier alpha value is -3.09. The summed E-state index contributed by atoms with van der Waals surface area (Å²) < 4.78 is 3.72. The summed E-state index contributed by atoms with van der Waals surface area (Å²) in [7, 11) is 3.68. The van der Waals surface area contributed by atoms with Gasteiger partial charge < -0.3 is 10.6 Å². The van der Waals surface area contributed by atoms with Crippen molar-refractivity contribution in [2.75, 3.05) is 7.05 Å². The minimum Gasteiger partial charge on any atom is -0.352 e. The Morgan fingerprint density at radius 1 is 1.08 bits per heavy atom. The molecule has 0 saturated heterocycles. The number of nitrogens with one attached hydrogen (secondary N) is 2. The first kappa shape index (κ1) is 16.8. The van der Waals surface area contributed by atoms with Crippen molar-refractivity contribution in [1.29, 1.82) is 0 Å². The first-order chi connectivity index (χ1) is 12.2. The van der Waals surface area contributed by atoms with Crippen molar-refractivity contribution in [1.82, 2.24) is 30.2 Å². The zero-order chi connectivity index (χ0) is 17.5. The van der Waals surface area contributed by atoms with E-state index in [9.17, 15) is 0 Å². The Morgan fingerprint density at radius 2 is 1.88 bits per heavy atom. The minimum absolute atomic E-state index is 0.683. The van der Waals surface area contributed by atoms with Crippen LogP contribution in [0.3, 0.4) is 0 Å². The van der Waals surface area contributed by atoms with Gasteiger partial charge in [0.1, 0.15) is 0 Å². The van der Waals surface area contributed by atoms with E-state index in [4.69, 9.17) is 0 Å². The van der Waals surface area contributed by atoms with Crippen molar-refractivity contribution in [3.05, 3.63) is 71.8 Å². The first-order valence-corrected chi connectivity index (χ1v) is 8.21. The number of aromatic nitrogens is 4. The van der Waals surface area contributed by atoms with E-state index in [0.29, 0.717) is 13.1 Å². The maximum atomic E-state index is 4.28. The third-order valence-electron chi connectivity index (χ3n) is 3.90. The summed E-state index contributed by atoms with van der Waals surface area (Å²) in [6.07, 6.45) is 7.60. The van der Waals surface area contributed by atoms with Crippen molar-refractivity contribution in [2.45, 2.75) is 19.6 Å². The predicted molar refractivity (Wildman–Crippen MR) is 98.0 cm³/mol. The summed E-state index contributed by atoms with van der Waals surface area (Å²) in [5.41, 5.74) is 3.58. The molecule has 0 bridgehead atoms. The molecule has 0 atom stereocenters. The van der Waals surface area contributed by atoms with Crippen LogP contribution in [0.2, 0.25) is 0 Å². The van der Waals surface area contributed by atoms with Gasteiger partial charge in [-0.25, -0.2) is 0 Å². The van der Waals surface area contributed by atoms with E-state index in [2.05, 4.69) is 50.1 Å². The van der Waals surface area contributed by atoms with E-state index in [1.807, 2.05) is 36.4 Å². The molecule has 1 aromatic carbocycles. The molecule has 0 spiro atoms. The van der Waals surface area contributed by atoms with E-state index in [1.165, 1.54) is 11.1 Å². The summed E-state index contributed by atoms with van der Waals surface area (Å²) in [5, 5.41) is 15.1. The maximum absolute atomic E-state index is 4.28. The van der Waals surface area contributed by atoms with Gasteiger partial charge in [-0.1, -0.05) is 24.3 Å². The van der Waals surface area contributed by atoms with Crippen LogP contribution in [0.15, 0.2) is 60.1 Å². The molecule has 2 aromatic heterocycles. The van der Waals surface area contributed by atoms with E-state index in [0.717, 1.165) is 18.1 Å². The van der Waals surface area contributed by atoms with E-state index >= 15 is 0 Å². The number of benzene rings is 1. The monoisotopic (exact) mass is 337 g/mol. The second-order valence-electron chi connectivity index (χ2n) is 5.77. The molecule has 3 rings (SSSR count). The molecule has 7 heteroatoms. The predicted octanol–water partition coefficient (Wildman–Crippen LogP) is 1.53. The van der Waals surface area contributed by atoms with Crippen molar-refractivity contribution in [3.8, 4) is 0 Å². The van der Waals surface area contributed by atoms with Gasteiger partial charge in [-0.3, -0.25) is 14.4 Å². The number of aliphatic imine (C=N–C) groups is 1. The van der Waals surface area contributed by atoms with Crippen LogP contribution in [0, 0.1) is 0 Å². The molecule has 0 fully saturated rings. The molecule has 3 aromatic rings. The highest BCUT2D eigenvalue weighted by Gasteiger charge is 2.05. The second kappa shape index (κ2) is 8.14. The van der Waals surface area contributed by atoms with Crippen molar-refractivity contribution in [2.24, 2.45) is 12.0 Å². The highest BCUT2D eigenvalue weighted by Crippen LogP contribution is 2.10. The largest absolute Gasteiger partial charge is 0.352 e. The van der Waals surface area contributed by atoms with Gasteiger partial charge in [0.25, 0.3) is 0 Å². The number of nitrogens with zero attached hydrogens (tertiary/aromatic N) is 5. The van der Waals surface area contributed by atoms with Crippen LogP contribution in [0.1, 0.15) is 16.7 Å². The van der Waals surface area contributed by atoms with Crippen molar-refractivity contribution in [3.63, 3.8) is 0 Å². The van der Waals surface area contributed by atoms with Crippen molar-refractivity contribution >= 4 is 5.96 Å². The smallest absolute Gasteiger partial charge is 0.191 e. The van der Waals surface area contributed by atoms with Crippen LogP contribution < -0.4 is 10.6 Å². The summed E-state index contributed by atoms with van der Waals surface area (Å²) in [6, 6.07) is 10.3. The molecule has 0 unspecified atom stereocenters. The molecule has 2 heterocycles. The van der Waals surface area contributed by atoms with E-state index in [-0.39, 0.29) is 0 Å². The molecule has 0 saturated carbocycles. The van der Waals surface area contributed by atoms with Crippen LogP contribution in [0.4, 0.5) is 0 Å². The van der Waals surface area contributed by atoms with Gasteiger partial charge in [-0.15, -0.1) is 0 Å². The van der Waals surface area contributed by atoms with Crippen LogP contribution >= 0.6 is 0 Å². The minimum atomic E-state index is 0.683. The number of rotatable bonds is 6. The molecule has 0 radical (unpaired) electrons. The van der Waals surface area contributed by atoms with Crippen molar-refractivity contribution < 1.29 is 0 Å². The number of hydrogen-bond acceptors (Lipinski definition) is 3. The highest BCUT2D eigenvalue weighted by atomic mass is 15.3. The number of guanidine groups is 1. The summed E-state index contributed by atoms with van der Waals surface area (Å²) >= 11 is 0. The molecule has 130 valence electrons. The molecule has 25 heavy (non-hydrogen) atoms. The molecular weight excluding hydrogens is 314 g/mol. The van der Waals surface area contributed by atoms with Gasteiger partial charge in [0.2, 0.25) is 0 Å². The first-order valence-electron chi connectivity index (χ1n) is 8.21. The van der Waals surface area contributed by atoms with Gasteiger partial charge in [-0.05, 0) is 17.2 Å². The van der Waals surface area contributed by atoms with Crippen LogP contribution in [-0.4, -0.2) is 32.6 Å². The number of aryl methyl sites for hydroxylation is 1. The second-order valence-corrected chi connectivity index (χ2v) is 5.77. The summed E-state index contributed by atoms with van der Waals surface area (Å²) in [6.45, 7) is 2.14. The Morgan fingerprint density at radius 3 is 2.56 bits per heavy atom. The fourth-order valence-corrected chi connectivity index (χ4v) is 2.60. The third kappa shape index (κ3) is 4.69. The fourth-order valence-electron chi connectivity index (χ4n) is 2.60. The lowest BCUT2D eigenvalue weighted by Crippen LogP contribution is -2.36. The van der Waals surface area contributed by atoms with E-state index < -0.39 is 0 Å². The molecule has 0 aliphatic rings. The van der Waals surface area contributed by atoms with E-state index in [1.54, 1.807) is 17.9 Å². The lowest BCUT2D eigenvalue weighted by atomic mass is 10.1. The lowest BCUT2D eigenvalue weighted by molar-refractivity contribution is 0.677. The lowest BCUT2D eigenvalue weighted by Gasteiger charge is -2.14. The molecule has 0 aliphatic carbocycles. The molecule has 2 N–H and O–H groups in total. The van der Waals surface area contributed by atoms with Crippen LogP contribution in [0.25, 0.3) is 0 Å². The van der Waals surface area contributed by atoms with Gasteiger partial charge in [-0.2, -0.15) is 10.2 Å². The zero-order valence-electron chi connectivity index (χ0n) is 14.6. The average molecular weight is 337 g/mol. The summed E-state index contributed by atoms with van der Waals surface area (Å²) in [4.78, 5) is 4.28. The topological polar surface area (TPSA) is 72.1 Å². The van der Waals surface area contributed by atoms with Gasteiger partial charge in [0.15, 0.2) is 5.96 Å². The Labute approximate surface area is 147 Å². The van der Waals surface area contributed by atoms with Gasteiger partial charge >= 0.3 is 0 Å². The third-order valence-corrected chi connectivity index (χ3v) is 3.90. The maximum Gasteiger partial charge on any atom is 0.191 e. The molecule has 7 nitrogen and oxygen atoms in total. The highest BCUT2D eigenvalue weighted by molar-refractivity contribution is 5.79. The summed E-state index contributed by atoms with van der Waals surface area (Å²) in [5.74, 6) is 0.762. The Balaban J connectivity index is 1.58. The zero-order valence-corrected chi connectivity index (χ0v) is 14.6. The Kier molecular flexibility index (Phi) is 5.46. The average Bonchev–Trinajstić information content (AvgIpc) is 3.28. The quantitative estimate of drug-likeness (QED) is 0.529. The van der Waals surface area contributed by atoms with Crippen LogP contribution in [-0.2, 0) is 26.7 Å². The molecular formula is C18H23N7. The SMILES string of the molecule is CN=C(NCc1cnn(C)c1)NCc1ccccc1Cn1cccn1. The number of hydrogen-bond donors (Lipinski definition) is 2. The van der Waals surface area contributed by atoms with Gasteiger partial charge in [0, 0.05) is 51.3 Å². The normalized spacial score (nSPS) is 11.5. The molecule has 0 amide bonds. The van der Waals surface area contributed by atoms with Gasteiger partial charge in [0.05, 0.1) is 12.7 Å². The van der Waals surface area contributed by atoms with Crippen LogP contribution in [0.5, 0.6) is 0 Å². The fraction of sp³-hybridized carbons (Fsp3) is 0.278.